The lowest BCUT2D eigenvalue weighted by Gasteiger charge is -2.28. The Labute approximate surface area is 120 Å². The van der Waals surface area contributed by atoms with E-state index in [1.54, 1.807) is 4.90 Å². The van der Waals surface area contributed by atoms with Gasteiger partial charge in [0.1, 0.15) is 5.16 Å². The van der Waals surface area contributed by atoms with Crippen LogP contribution in [0.4, 0.5) is 0 Å². The molecular formula is C10H14Cl2N4O3. The minimum atomic E-state index is -0.536. The molecular weight excluding hydrogens is 295 g/mol. The van der Waals surface area contributed by atoms with Crippen LogP contribution in [0.25, 0.3) is 0 Å². The van der Waals surface area contributed by atoms with Gasteiger partial charge in [-0.2, -0.15) is 0 Å². The number of allylic oxidation sites excluding steroid dienone is 1. The Morgan fingerprint density at radius 3 is 2.37 bits per heavy atom. The quantitative estimate of drug-likeness (QED) is 0.452. The number of nitrogens with zero attached hydrogens (tertiary/aromatic N) is 2. The van der Waals surface area contributed by atoms with Crippen LogP contribution in [0.5, 0.6) is 0 Å². The highest BCUT2D eigenvalue weighted by Gasteiger charge is 2.29. The van der Waals surface area contributed by atoms with E-state index in [0.717, 1.165) is 0 Å². The lowest BCUT2D eigenvalue weighted by Crippen LogP contribution is -2.35. The minimum Gasteiger partial charge on any atom is -0.378 e. The van der Waals surface area contributed by atoms with E-state index in [-0.39, 0.29) is 15.9 Å². The van der Waals surface area contributed by atoms with E-state index in [0.29, 0.717) is 45.2 Å². The lowest BCUT2D eigenvalue weighted by molar-refractivity contribution is -0.421. The zero-order chi connectivity index (χ0) is 13.8. The number of hydrogen-bond acceptors (Lipinski definition) is 6. The van der Waals surface area contributed by atoms with Crippen molar-refractivity contribution < 1.29 is 9.66 Å². The van der Waals surface area contributed by atoms with E-state index >= 15 is 0 Å². The van der Waals surface area contributed by atoms with Gasteiger partial charge in [-0.3, -0.25) is 10.1 Å². The van der Waals surface area contributed by atoms with Gasteiger partial charge in [-0.25, -0.2) is 0 Å². The summed E-state index contributed by atoms with van der Waals surface area (Å²) >= 11 is 12.2. The SMILES string of the molecule is O=[N+]([O-])C(=C1NCCN1)C(Cl)=C(Cl)N1CCOCC1. The molecule has 0 bridgehead atoms. The van der Waals surface area contributed by atoms with Crippen LogP contribution in [0, 0.1) is 10.1 Å². The van der Waals surface area contributed by atoms with Crippen LogP contribution < -0.4 is 10.6 Å². The Kier molecular flexibility index (Phi) is 4.73. The van der Waals surface area contributed by atoms with Crippen molar-refractivity contribution >= 4 is 23.2 Å². The third kappa shape index (κ3) is 3.23. The highest BCUT2D eigenvalue weighted by molar-refractivity contribution is 6.40. The van der Waals surface area contributed by atoms with Gasteiger partial charge in [0.25, 0.3) is 0 Å². The Morgan fingerprint density at radius 2 is 1.84 bits per heavy atom. The van der Waals surface area contributed by atoms with Gasteiger partial charge in [0.05, 0.1) is 18.1 Å². The molecule has 0 spiro atoms. The third-order valence-electron chi connectivity index (χ3n) is 2.83. The Morgan fingerprint density at radius 1 is 1.26 bits per heavy atom. The van der Waals surface area contributed by atoms with Crippen molar-refractivity contribution in [1.29, 1.82) is 0 Å². The minimum absolute atomic E-state index is 0.0644. The number of ether oxygens (including phenoxy) is 1. The van der Waals surface area contributed by atoms with Crippen molar-refractivity contribution in [3.63, 3.8) is 0 Å². The van der Waals surface area contributed by atoms with E-state index in [1.165, 1.54) is 0 Å². The number of nitro groups is 1. The van der Waals surface area contributed by atoms with Crippen LogP contribution in [-0.4, -0.2) is 49.2 Å². The van der Waals surface area contributed by atoms with Crippen LogP contribution in [0.2, 0.25) is 0 Å². The largest absolute Gasteiger partial charge is 0.378 e. The monoisotopic (exact) mass is 308 g/mol. The van der Waals surface area contributed by atoms with Gasteiger partial charge >= 0.3 is 5.70 Å². The molecule has 2 N–H and O–H groups in total. The highest BCUT2D eigenvalue weighted by atomic mass is 35.5. The average molecular weight is 309 g/mol. The van der Waals surface area contributed by atoms with Crippen LogP contribution in [-0.2, 0) is 4.74 Å². The zero-order valence-electron chi connectivity index (χ0n) is 10.1. The first-order chi connectivity index (χ1) is 9.11. The summed E-state index contributed by atoms with van der Waals surface area (Å²) in [6.45, 7) is 3.42. The Hall–Kier alpha value is -1.18. The molecule has 7 nitrogen and oxygen atoms in total. The molecule has 0 radical (unpaired) electrons. The molecule has 0 aromatic carbocycles. The number of morpholine rings is 1. The molecule has 2 aliphatic rings. The van der Waals surface area contributed by atoms with Crippen LogP contribution >= 0.6 is 23.2 Å². The summed E-state index contributed by atoms with van der Waals surface area (Å²) in [5.74, 6) is 0.307. The molecule has 0 amide bonds. The second kappa shape index (κ2) is 6.31. The normalized spacial score (nSPS) is 20.5. The van der Waals surface area contributed by atoms with Gasteiger partial charge in [-0.05, 0) is 0 Å². The smallest absolute Gasteiger partial charge is 0.330 e. The summed E-state index contributed by atoms with van der Waals surface area (Å²) in [5.41, 5.74) is -0.226. The fraction of sp³-hybridized carbons (Fsp3) is 0.600. The van der Waals surface area contributed by atoms with Crippen molar-refractivity contribution in [2.75, 3.05) is 39.4 Å². The highest BCUT2D eigenvalue weighted by Crippen LogP contribution is 2.27. The average Bonchev–Trinajstić information content (AvgIpc) is 2.92. The standard InChI is InChI=1S/C10H14Cl2N4O3/c11-7(9(12)15-3-5-19-6-4-15)8(16(17)18)10-13-1-2-14-10/h13-14H,1-6H2. The molecule has 2 fully saturated rings. The summed E-state index contributed by atoms with van der Waals surface area (Å²) in [6.07, 6.45) is 0. The summed E-state index contributed by atoms with van der Waals surface area (Å²) in [5, 5.41) is 17.0. The lowest BCUT2D eigenvalue weighted by atomic mass is 10.3. The molecule has 0 aromatic rings. The topological polar surface area (TPSA) is 79.7 Å². The molecule has 0 saturated carbocycles. The van der Waals surface area contributed by atoms with Crippen molar-refractivity contribution in [2.24, 2.45) is 0 Å². The molecule has 2 aliphatic heterocycles. The van der Waals surface area contributed by atoms with Gasteiger partial charge in [0.2, 0.25) is 0 Å². The number of halogens is 2. The summed E-state index contributed by atoms with van der Waals surface area (Å²) in [7, 11) is 0. The van der Waals surface area contributed by atoms with E-state index in [1.807, 2.05) is 0 Å². The maximum atomic E-state index is 11.2. The van der Waals surface area contributed by atoms with Gasteiger partial charge in [0, 0.05) is 26.2 Å². The fourth-order valence-corrected chi connectivity index (χ4v) is 2.42. The first kappa shape index (κ1) is 14.2. The second-order valence-electron chi connectivity index (χ2n) is 4.04. The summed E-state index contributed by atoms with van der Waals surface area (Å²) in [4.78, 5) is 12.4. The van der Waals surface area contributed by atoms with E-state index < -0.39 is 4.92 Å². The zero-order valence-corrected chi connectivity index (χ0v) is 11.6. The van der Waals surface area contributed by atoms with Crippen LogP contribution in [0.3, 0.4) is 0 Å². The Bertz CT molecular complexity index is 424. The first-order valence-electron chi connectivity index (χ1n) is 5.86. The van der Waals surface area contributed by atoms with Gasteiger partial charge in [-0.15, -0.1) is 0 Å². The third-order valence-corrected chi connectivity index (χ3v) is 3.71. The number of rotatable bonds is 3. The predicted molar refractivity (Wildman–Crippen MR) is 71.1 cm³/mol. The summed E-state index contributed by atoms with van der Waals surface area (Å²) < 4.78 is 5.20. The van der Waals surface area contributed by atoms with Crippen molar-refractivity contribution in [3.05, 3.63) is 31.8 Å². The molecule has 2 heterocycles. The fourth-order valence-electron chi connectivity index (χ4n) is 1.88. The van der Waals surface area contributed by atoms with Gasteiger partial charge in [-0.1, -0.05) is 23.2 Å². The maximum absolute atomic E-state index is 11.2. The van der Waals surface area contributed by atoms with E-state index in [2.05, 4.69) is 10.6 Å². The molecule has 2 saturated heterocycles. The summed E-state index contributed by atoms with van der Waals surface area (Å²) in [6, 6.07) is 0. The molecule has 0 unspecified atom stereocenters. The molecule has 0 aliphatic carbocycles. The Balaban J connectivity index is 2.29. The molecule has 9 heteroatoms. The van der Waals surface area contributed by atoms with Crippen molar-refractivity contribution in [3.8, 4) is 0 Å². The van der Waals surface area contributed by atoms with Crippen LogP contribution in [0.1, 0.15) is 0 Å². The van der Waals surface area contributed by atoms with E-state index in [9.17, 15) is 10.1 Å². The maximum Gasteiger partial charge on any atom is 0.330 e. The molecule has 0 aromatic heterocycles. The predicted octanol–water partition coefficient (Wildman–Crippen LogP) is 0.604. The molecule has 2 rings (SSSR count). The van der Waals surface area contributed by atoms with Gasteiger partial charge < -0.3 is 20.3 Å². The van der Waals surface area contributed by atoms with E-state index in [4.69, 9.17) is 27.9 Å². The molecule has 106 valence electrons. The van der Waals surface area contributed by atoms with Gasteiger partial charge in [0.15, 0.2) is 10.9 Å². The molecule has 19 heavy (non-hydrogen) atoms. The second-order valence-corrected chi connectivity index (χ2v) is 4.77. The molecule has 0 atom stereocenters. The number of hydrogen-bond donors (Lipinski definition) is 2. The first-order valence-corrected chi connectivity index (χ1v) is 6.61. The van der Waals surface area contributed by atoms with Crippen LogP contribution in [0.15, 0.2) is 21.7 Å². The van der Waals surface area contributed by atoms with Crippen molar-refractivity contribution in [2.45, 2.75) is 0 Å². The number of nitrogens with one attached hydrogen (secondary N) is 2. The van der Waals surface area contributed by atoms with Crippen molar-refractivity contribution in [1.82, 2.24) is 15.5 Å².